The Morgan fingerprint density at radius 1 is 1.14 bits per heavy atom. The lowest BCUT2D eigenvalue weighted by Gasteiger charge is -2.10. The standard InChI is InChI=1S/C14H19/c1-5-6-7-8-14-12(3)9-11(2)10-13(14)4/h1,5,9-10H,6-8H2,2-4H3. The van der Waals surface area contributed by atoms with Gasteiger partial charge in [0.1, 0.15) is 0 Å². The molecule has 0 aliphatic rings. The molecular weight excluding hydrogens is 168 g/mol. The van der Waals surface area contributed by atoms with E-state index in [1.165, 1.54) is 22.3 Å². The fraction of sp³-hybridized carbons (Fsp3) is 0.429. The Morgan fingerprint density at radius 2 is 1.71 bits per heavy atom. The van der Waals surface area contributed by atoms with E-state index >= 15 is 0 Å². The Balaban J connectivity index is 2.80. The molecule has 0 aliphatic carbocycles. The van der Waals surface area contributed by atoms with Gasteiger partial charge in [0.2, 0.25) is 0 Å². The normalized spacial score (nSPS) is 10.2. The second kappa shape index (κ2) is 4.99. The summed E-state index contributed by atoms with van der Waals surface area (Å²) in [5.74, 6) is 0. The van der Waals surface area contributed by atoms with Crippen LogP contribution in [0.15, 0.2) is 18.2 Å². The van der Waals surface area contributed by atoms with Crippen LogP contribution < -0.4 is 0 Å². The molecule has 0 nitrogen and oxygen atoms in total. The van der Waals surface area contributed by atoms with Gasteiger partial charge in [0.05, 0.1) is 0 Å². The number of rotatable bonds is 4. The molecule has 0 bridgehead atoms. The number of allylic oxidation sites excluding steroid dienone is 1. The average molecular weight is 187 g/mol. The highest BCUT2D eigenvalue weighted by Gasteiger charge is 2.02. The molecule has 0 fully saturated rings. The molecule has 14 heavy (non-hydrogen) atoms. The van der Waals surface area contributed by atoms with Crippen LogP contribution in [0.2, 0.25) is 0 Å². The van der Waals surface area contributed by atoms with Gasteiger partial charge in [0.15, 0.2) is 0 Å². The van der Waals surface area contributed by atoms with Crippen LogP contribution in [0.3, 0.4) is 0 Å². The largest absolute Gasteiger partial charge is 0.0845 e. The number of aryl methyl sites for hydroxylation is 3. The third-order valence-corrected chi connectivity index (χ3v) is 2.64. The minimum atomic E-state index is 1.01. The van der Waals surface area contributed by atoms with Gasteiger partial charge in [-0.15, -0.1) is 0 Å². The zero-order chi connectivity index (χ0) is 10.6. The molecule has 0 N–H and O–H groups in total. The molecule has 0 saturated carbocycles. The van der Waals surface area contributed by atoms with E-state index in [-0.39, 0.29) is 0 Å². The summed E-state index contributed by atoms with van der Waals surface area (Å²) < 4.78 is 0. The van der Waals surface area contributed by atoms with E-state index in [1.54, 1.807) is 6.08 Å². The summed E-state index contributed by atoms with van der Waals surface area (Å²) >= 11 is 0. The molecule has 1 aromatic carbocycles. The predicted octanol–water partition coefficient (Wildman–Crippen LogP) is 3.92. The predicted molar refractivity (Wildman–Crippen MR) is 62.5 cm³/mol. The van der Waals surface area contributed by atoms with Crippen molar-refractivity contribution in [2.45, 2.75) is 40.0 Å². The fourth-order valence-electron chi connectivity index (χ4n) is 2.00. The van der Waals surface area contributed by atoms with Crippen LogP contribution in [0.4, 0.5) is 0 Å². The van der Waals surface area contributed by atoms with Crippen LogP contribution in [0, 0.1) is 27.4 Å². The smallest absolute Gasteiger partial charge is 0.0271 e. The van der Waals surface area contributed by atoms with Gasteiger partial charge in [-0.1, -0.05) is 30.4 Å². The molecule has 0 aliphatic heterocycles. The molecule has 0 aromatic heterocycles. The van der Waals surface area contributed by atoms with Gasteiger partial charge in [-0.25, -0.2) is 0 Å². The highest BCUT2D eigenvalue weighted by Crippen LogP contribution is 2.18. The molecule has 1 rings (SSSR count). The van der Waals surface area contributed by atoms with Crippen molar-refractivity contribution in [2.75, 3.05) is 0 Å². The van der Waals surface area contributed by atoms with Gasteiger partial charge < -0.3 is 0 Å². The third kappa shape index (κ3) is 2.73. The van der Waals surface area contributed by atoms with Crippen molar-refractivity contribution in [3.8, 4) is 0 Å². The van der Waals surface area contributed by atoms with Crippen LogP contribution in [-0.4, -0.2) is 0 Å². The van der Waals surface area contributed by atoms with Crippen LogP contribution in [0.1, 0.15) is 35.1 Å². The molecule has 0 amide bonds. The van der Waals surface area contributed by atoms with Gasteiger partial charge in [-0.2, -0.15) is 0 Å². The van der Waals surface area contributed by atoms with Crippen molar-refractivity contribution in [1.29, 1.82) is 0 Å². The van der Waals surface area contributed by atoms with E-state index < -0.39 is 0 Å². The molecule has 0 saturated heterocycles. The molecule has 0 atom stereocenters. The molecule has 0 spiro atoms. The maximum absolute atomic E-state index is 5.37. The van der Waals surface area contributed by atoms with Crippen molar-refractivity contribution in [3.05, 3.63) is 47.0 Å². The first kappa shape index (κ1) is 11.0. The molecule has 1 radical (unpaired) electrons. The SMILES string of the molecule is [CH]=CCCCc1c(C)cc(C)cc1C. The summed E-state index contributed by atoms with van der Waals surface area (Å²) in [6, 6.07) is 4.52. The van der Waals surface area contributed by atoms with E-state index in [4.69, 9.17) is 6.58 Å². The molecule has 1 aromatic rings. The monoisotopic (exact) mass is 187 g/mol. The minimum absolute atomic E-state index is 1.01. The van der Waals surface area contributed by atoms with Gasteiger partial charge in [-0.3, -0.25) is 0 Å². The molecule has 0 heterocycles. The molecule has 75 valence electrons. The summed E-state index contributed by atoms with van der Waals surface area (Å²) in [6.07, 6.45) is 5.05. The Hall–Kier alpha value is -1.04. The fourth-order valence-corrected chi connectivity index (χ4v) is 2.00. The first-order chi connectivity index (χ1) is 6.65. The lowest BCUT2D eigenvalue weighted by molar-refractivity contribution is 0.831. The Kier molecular flexibility index (Phi) is 3.94. The number of hydrogen-bond donors (Lipinski definition) is 0. The zero-order valence-electron chi connectivity index (χ0n) is 9.43. The first-order valence-corrected chi connectivity index (χ1v) is 5.25. The van der Waals surface area contributed by atoms with E-state index in [0.29, 0.717) is 0 Å². The molecular formula is C14H19. The summed E-state index contributed by atoms with van der Waals surface area (Å²) in [5.41, 5.74) is 5.69. The molecule has 0 heteroatoms. The van der Waals surface area contributed by atoms with E-state index in [1.807, 2.05) is 0 Å². The summed E-state index contributed by atoms with van der Waals surface area (Å²) in [7, 11) is 0. The van der Waals surface area contributed by atoms with E-state index in [9.17, 15) is 0 Å². The molecule has 0 unspecified atom stereocenters. The van der Waals surface area contributed by atoms with E-state index in [0.717, 1.165) is 19.3 Å². The van der Waals surface area contributed by atoms with Crippen LogP contribution in [-0.2, 0) is 6.42 Å². The second-order valence-electron chi connectivity index (χ2n) is 4.01. The Morgan fingerprint density at radius 3 is 2.21 bits per heavy atom. The van der Waals surface area contributed by atoms with Gasteiger partial charge >= 0.3 is 0 Å². The number of unbranched alkanes of at least 4 members (excludes halogenated alkanes) is 1. The summed E-state index contributed by atoms with van der Waals surface area (Å²) in [6.45, 7) is 11.9. The maximum atomic E-state index is 5.37. The highest BCUT2D eigenvalue weighted by molar-refractivity contribution is 5.37. The van der Waals surface area contributed by atoms with Crippen molar-refractivity contribution in [1.82, 2.24) is 0 Å². The van der Waals surface area contributed by atoms with E-state index in [2.05, 4.69) is 32.9 Å². The van der Waals surface area contributed by atoms with Gasteiger partial charge in [-0.05, 0) is 56.7 Å². The lowest BCUT2D eigenvalue weighted by atomic mass is 9.96. The van der Waals surface area contributed by atoms with Gasteiger partial charge in [0.25, 0.3) is 0 Å². The highest BCUT2D eigenvalue weighted by atomic mass is 14.1. The number of hydrogen-bond acceptors (Lipinski definition) is 0. The quantitative estimate of drug-likeness (QED) is 0.627. The minimum Gasteiger partial charge on any atom is -0.0845 e. The third-order valence-electron chi connectivity index (χ3n) is 2.64. The van der Waals surface area contributed by atoms with Crippen molar-refractivity contribution < 1.29 is 0 Å². The Labute approximate surface area is 87.7 Å². The van der Waals surface area contributed by atoms with Crippen molar-refractivity contribution >= 4 is 0 Å². The maximum Gasteiger partial charge on any atom is -0.0271 e. The Bertz CT molecular complexity index is 298. The average Bonchev–Trinajstić information content (AvgIpc) is 2.09. The topological polar surface area (TPSA) is 0 Å². The lowest BCUT2D eigenvalue weighted by Crippen LogP contribution is -1.95. The van der Waals surface area contributed by atoms with Crippen molar-refractivity contribution in [2.24, 2.45) is 0 Å². The second-order valence-corrected chi connectivity index (χ2v) is 4.01. The zero-order valence-corrected chi connectivity index (χ0v) is 9.43. The first-order valence-electron chi connectivity index (χ1n) is 5.25. The van der Waals surface area contributed by atoms with Crippen LogP contribution >= 0.6 is 0 Å². The summed E-state index contributed by atoms with van der Waals surface area (Å²) in [5, 5.41) is 0. The van der Waals surface area contributed by atoms with Gasteiger partial charge in [0, 0.05) is 0 Å². The number of benzene rings is 1. The van der Waals surface area contributed by atoms with Crippen LogP contribution in [0.5, 0.6) is 0 Å². The van der Waals surface area contributed by atoms with Crippen molar-refractivity contribution in [3.63, 3.8) is 0 Å². The van der Waals surface area contributed by atoms with Crippen LogP contribution in [0.25, 0.3) is 0 Å². The summed E-state index contributed by atoms with van der Waals surface area (Å²) in [4.78, 5) is 0.